The first-order valence-corrected chi connectivity index (χ1v) is 10.9. The molecular formula is C22H23Cl4NO3. The fourth-order valence-corrected chi connectivity index (χ4v) is 3.06. The average molecular weight is 491 g/mol. The van der Waals surface area contributed by atoms with E-state index in [0.29, 0.717) is 34.8 Å². The first-order valence-electron chi connectivity index (χ1n) is 9.42. The van der Waals surface area contributed by atoms with Gasteiger partial charge in [-0.3, -0.25) is 0 Å². The van der Waals surface area contributed by atoms with Gasteiger partial charge in [-0.1, -0.05) is 89.2 Å². The fourth-order valence-electron chi connectivity index (χ4n) is 2.36. The standard InChI is InChI=1S/C22H23Cl4NO3/c1-3-4-10-30-27-15(2)17-7-5-16(6-8-17)14-29-22-19(23)12-18(13-20(22)24)28-11-9-21(25)26/h5-9,12-13H,3-4,10-11,14H2,1-2H3. The third kappa shape index (κ3) is 8.27. The molecule has 0 saturated carbocycles. The zero-order valence-corrected chi connectivity index (χ0v) is 19.8. The minimum Gasteiger partial charge on any atom is -0.489 e. The zero-order chi connectivity index (χ0) is 21.9. The van der Waals surface area contributed by atoms with Gasteiger partial charge in [0.1, 0.15) is 30.1 Å². The molecule has 0 fully saturated rings. The SMILES string of the molecule is CCCCON=C(C)c1ccc(COc2c(Cl)cc(OCC=C(Cl)Cl)cc2Cl)cc1. The molecular weight excluding hydrogens is 468 g/mol. The molecule has 8 heteroatoms. The topological polar surface area (TPSA) is 40.0 Å². The molecule has 0 N–H and O–H groups in total. The van der Waals surface area contributed by atoms with Crippen LogP contribution in [-0.4, -0.2) is 18.9 Å². The van der Waals surface area contributed by atoms with Gasteiger partial charge in [-0.25, -0.2) is 0 Å². The molecule has 0 aliphatic carbocycles. The monoisotopic (exact) mass is 489 g/mol. The van der Waals surface area contributed by atoms with Crippen LogP contribution in [0.5, 0.6) is 11.5 Å². The number of nitrogens with zero attached hydrogens (tertiary/aromatic N) is 1. The molecule has 2 aromatic carbocycles. The highest BCUT2D eigenvalue weighted by Gasteiger charge is 2.11. The summed E-state index contributed by atoms with van der Waals surface area (Å²) in [4.78, 5) is 5.31. The fraction of sp³-hybridized carbons (Fsp3) is 0.318. The van der Waals surface area contributed by atoms with E-state index in [4.69, 9.17) is 60.7 Å². The third-order valence-electron chi connectivity index (χ3n) is 4.00. The van der Waals surface area contributed by atoms with Crippen LogP contribution >= 0.6 is 46.4 Å². The van der Waals surface area contributed by atoms with Crippen molar-refractivity contribution in [3.8, 4) is 11.5 Å². The van der Waals surface area contributed by atoms with Crippen molar-refractivity contribution in [3.05, 3.63) is 68.1 Å². The first kappa shape index (κ1) is 24.7. The number of rotatable bonds is 11. The molecule has 4 nitrogen and oxygen atoms in total. The van der Waals surface area contributed by atoms with Gasteiger partial charge >= 0.3 is 0 Å². The predicted octanol–water partition coefficient (Wildman–Crippen LogP) is 7.81. The molecule has 0 spiro atoms. The van der Waals surface area contributed by atoms with Crippen LogP contribution in [0.4, 0.5) is 0 Å². The van der Waals surface area contributed by atoms with Crippen LogP contribution in [0.15, 0.2) is 52.1 Å². The summed E-state index contributed by atoms with van der Waals surface area (Å²) in [6.45, 7) is 5.17. The number of hydrogen-bond acceptors (Lipinski definition) is 4. The molecule has 2 aromatic rings. The average Bonchev–Trinajstić information content (AvgIpc) is 2.70. The van der Waals surface area contributed by atoms with Crippen molar-refractivity contribution < 1.29 is 14.3 Å². The normalized spacial score (nSPS) is 11.2. The van der Waals surface area contributed by atoms with Crippen molar-refractivity contribution in [2.75, 3.05) is 13.2 Å². The van der Waals surface area contributed by atoms with Crippen LogP contribution in [0, 0.1) is 0 Å². The van der Waals surface area contributed by atoms with Crippen LogP contribution in [-0.2, 0) is 11.4 Å². The second-order valence-electron chi connectivity index (χ2n) is 6.37. The van der Waals surface area contributed by atoms with E-state index in [-0.39, 0.29) is 11.1 Å². The Kier molecular flexibility index (Phi) is 10.7. The molecule has 0 saturated heterocycles. The molecule has 0 aliphatic heterocycles. The molecule has 162 valence electrons. The third-order valence-corrected chi connectivity index (χ3v) is 4.88. The Bertz CT molecular complexity index is 855. The molecule has 0 atom stereocenters. The van der Waals surface area contributed by atoms with Gasteiger partial charge in [-0.15, -0.1) is 0 Å². The molecule has 0 aromatic heterocycles. The summed E-state index contributed by atoms with van der Waals surface area (Å²) in [6.07, 6.45) is 3.58. The van der Waals surface area contributed by atoms with Crippen LogP contribution in [0.25, 0.3) is 0 Å². The maximum Gasteiger partial charge on any atom is 0.157 e. The number of hydrogen-bond donors (Lipinski definition) is 0. The molecule has 0 aliphatic rings. The van der Waals surface area contributed by atoms with Crippen LogP contribution in [0.3, 0.4) is 0 Å². The Morgan fingerprint density at radius 1 is 1.03 bits per heavy atom. The molecule has 2 rings (SSSR count). The number of unbranched alkanes of at least 4 members (excludes halogenated alkanes) is 1. The van der Waals surface area contributed by atoms with Gasteiger partial charge in [0.15, 0.2) is 5.75 Å². The lowest BCUT2D eigenvalue weighted by Crippen LogP contribution is -2.00. The summed E-state index contributed by atoms with van der Waals surface area (Å²) >= 11 is 23.7. The number of ether oxygens (including phenoxy) is 2. The van der Waals surface area contributed by atoms with Gasteiger partial charge in [0.05, 0.1) is 15.8 Å². The van der Waals surface area contributed by atoms with E-state index in [1.54, 1.807) is 12.1 Å². The lowest BCUT2D eigenvalue weighted by Gasteiger charge is -2.12. The summed E-state index contributed by atoms with van der Waals surface area (Å²) in [6, 6.07) is 11.1. The molecule has 0 unspecified atom stereocenters. The Balaban J connectivity index is 1.96. The second-order valence-corrected chi connectivity index (χ2v) is 8.19. The van der Waals surface area contributed by atoms with E-state index in [1.807, 2.05) is 31.2 Å². The molecule has 30 heavy (non-hydrogen) atoms. The van der Waals surface area contributed by atoms with Crippen molar-refractivity contribution in [1.82, 2.24) is 0 Å². The van der Waals surface area contributed by atoms with Crippen molar-refractivity contribution in [1.29, 1.82) is 0 Å². The van der Waals surface area contributed by atoms with Gasteiger partial charge in [-0.2, -0.15) is 0 Å². The van der Waals surface area contributed by atoms with Gasteiger partial charge in [0, 0.05) is 12.1 Å². The minimum atomic E-state index is 0.128. The highest BCUT2D eigenvalue weighted by molar-refractivity contribution is 6.55. The summed E-state index contributed by atoms with van der Waals surface area (Å²) in [5, 5.41) is 4.84. The van der Waals surface area contributed by atoms with Gasteiger partial charge in [0.25, 0.3) is 0 Å². The molecule has 0 heterocycles. The van der Waals surface area contributed by atoms with E-state index in [2.05, 4.69) is 12.1 Å². The van der Waals surface area contributed by atoms with Gasteiger partial charge in [-0.05, 0) is 30.5 Å². The van der Waals surface area contributed by atoms with E-state index in [0.717, 1.165) is 29.7 Å². The summed E-state index contributed by atoms with van der Waals surface area (Å²) in [5.74, 6) is 0.881. The predicted molar refractivity (Wildman–Crippen MR) is 126 cm³/mol. The zero-order valence-electron chi connectivity index (χ0n) is 16.8. The largest absolute Gasteiger partial charge is 0.489 e. The van der Waals surface area contributed by atoms with Crippen molar-refractivity contribution in [3.63, 3.8) is 0 Å². The van der Waals surface area contributed by atoms with Crippen molar-refractivity contribution in [2.45, 2.75) is 33.3 Å². The first-order chi connectivity index (χ1) is 14.4. The van der Waals surface area contributed by atoms with Gasteiger partial charge < -0.3 is 14.3 Å². The lowest BCUT2D eigenvalue weighted by atomic mass is 10.1. The summed E-state index contributed by atoms with van der Waals surface area (Å²) < 4.78 is 11.4. The van der Waals surface area contributed by atoms with E-state index >= 15 is 0 Å². The van der Waals surface area contributed by atoms with Crippen molar-refractivity contribution in [2.24, 2.45) is 5.16 Å². The number of benzene rings is 2. The van der Waals surface area contributed by atoms with E-state index in [1.165, 1.54) is 6.08 Å². The Labute approximate surface area is 197 Å². The van der Waals surface area contributed by atoms with Gasteiger partial charge in [0.2, 0.25) is 0 Å². The number of oxime groups is 1. The highest BCUT2D eigenvalue weighted by Crippen LogP contribution is 2.37. The second kappa shape index (κ2) is 13.0. The Morgan fingerprint density at radius 3 is 2.30 bits per heavy atom. The maximum atomic E-state index is 6.29. The van der Waals surface area contributed by atoms with Crippen LogP contribution in [0.2, 0.25) is 10.0 Å². The quantitative estimate of drug-likeness (QED) is 0.183. The molecule has 0 amide bonds. The lowest BCUT2D eigenvalue weighted by molar-refractivity contribution is 0.141. The highest BCUT2D eigenvalue weighted by atomic mass is 35.5. The smallest absolute Gasteiger partial charge is 0.157 e. The summed E-state index contributed by atoms with van der Waals surface area (Å²) in [7, 11) is 0. The van der Waals surface area contributed by atoms with E-state index < -0.39 is 0 Å². The Morgan fingerprint density at radius 2 is 1.70 bits per heavy atom. The molecule has 0 radical (unpaired) electrons. The van der Waals surface area contributed by atoms with E-state index in [9.17, 15) is 0 Å². The summed E-state index contributed by atoms with van der Waals surface area (Å²) in [5.41, 5.74) is 2.78. The Hall–Kier alpha value is -1.59. The van der Waals surface area contributed by atoms with Crippen LogP contribution < -0.4 is 9.47 Å². The van der Waals surface area contributed by atoms with Crippen molar-refractivity contribution >= 4 is 52.1 Å². The minimum absolute atomic E-state index is 0.128. The maximum absolute atomic E-state index is 6.29. The van der Waals surface area contributed by atoms with Crippen LogP contribution in [0.1, 0.15) is 37.8 Å². The number of halogens is 4. The molecule has 0 bridgehead atoms.